The highest BCUT2D eigenvalue weighted by Crippen LogP contribution is 2.23. The Hall–Kier alpha value is -2.11. The first-order chi connectivity index (χ1) is 14.5. The number of nitrogens with one attached hydrogen (secondary N) is 2. The number of methoxy groups -OCH3 is 1. The summed E-state index contributed by atoms with van der Waals surface area (Å²) in [6.45, 7) is 11.1. The Bertz CT molecular complexity index is 807. The van der Waals surface area contributed by atoms with E-state index in [0.29, 0.717) is 36.4 Å². The summed E-state index contributed by atoms with van der Waals surface area (Å²) >= 11 is 0. The number of likely N-dealkylation sites (N-methyl/N-ethyl adjacent to an activating group) is 1. The summed E-state index contributed by atoms with van der Waals surface area (Å²) in [4.78, 5) is 11.8. The van der Waals surface area contributed by atoms with Crippen molar-refractivity contribution in [2.24, 2.45) is 9.98 Å². The first kappa shape index (κ1) is 22.6. The number of hydrogen-bond donors (Lipinski definition) is 2. The molecule has 1 heterocycles. The van der Waals surface area contributed by atoms with Crippen molar-refractivity contribution in [1.29, 1.82) is 0 Å². The van der Waals surface area contributed by atoms with Crippen LogP contribution in [0.2, 0.25) is 0 Å². The first-order valence-corrected chi connectivity index (χ1v) is 11.2. The fourth-order valence-electron chi connectivity index (χ4n) is 3.57. The summed E-state index contributed by atoms with van der Waals surface area (Å²) in [7, 11) is 4.33. The monoisotopic (exact) mass is 431 g/mol. The Kier molecular flexibility index (Phi) is 8.11. The van der Waals surface area contributed by atoms with Crippen molar-refractivity contribution < 1.29 is 9.47 Å². The van der Waals surface area contributed by atoms with Crippen LogP contribution in [0.5, 0.6) is 5.75 Å². The number of anilines is 1. The molecule has 164 valence electrons. The molecule has 1 aliphatic carbocycles. The van der Waals surface area contributed by atoms with Crippen LogP contribution < -0.4 is 20.7 Å². The fraction of sp³-hybridized carbons (Fsp3) is 0.545. The van der Waals surface area contributed by atoms with E-state index in [9.17, 15) is 0 Å². The molecule has 2 aliphatic rings. The minimum atomic E-state index is 0.307. The van der Waals surface area contributed by atoms with Crippen molar-refractivity contribution in [2.75, 3.05) is 32.1 Å². The largest absolute Gasteiger partial charge is 0.496 e. The van der Waals surface area contributed by atoms with Crippen LogP contribution in [-0.4, -0.2) is 55.6 Å². The molecular formula is C22H34N5O2P. The summed E-state index contributed by atoms with van der Waals surface area (Å²) in [6.07, 6.45) is 4.91. The third-order valence-corrected chi connectivity index (χ3v) is 5.72. The van der Waals surface area contributed by atoms with Gasteiger partial charge < -0.3 is 20.1 Å². The van der Waals surface area contributed by atoms with Crippen molar-refractivity contribution in [1.82, 2.24) is 10.2 Å². The molecule has 0 bridgehead atoms. The molecule has 0 amide bonds. The lowest BCUT2D eigenvalue weighted by Crippen LogP contribution is -2.33. The number of benzene rings is 1. The molecule has 7 nitrogen and oxygen atoms in total. The second-order valence-corrected chi connectivity index (χ2v) is 8.34. The highest BCUT2D eigenvalue weighted by Gasteiger charge is 2.24. The van der Waals surface area contributed by atoms with Crippen LogP contribution in [0.1, 0.15) is 39.5 Å². The van der Waals surface area contributed by atoms with Gasteiger partial charge >= 0.3 is 0 Å². The van der Waals surface area contributed by atoms with Gasteiger partial charge in [0.2, 0.25) is 5.96 Å². The lowest BCUT2D eigenvalue weighted by atomic mass is 10.2. The van der Waals surface area contributed by atoms with Gasteiger partial charge in [-0.05, 0) is 57.0 Å². The van der Waals surface area contributed by atoms with Crippen molar-refractivity contribution in [3.8, 4) is 5.75 Å². The summed E-state index contributed by atoms with van der Waals surface area (Å²) in [5.74, 6) is 2.58. The normalized spacial score (nSPS) is 20.2. The van der Waals surface area contributed by atoms with Crippen molar-refractivity contribution in [3.05, 3.63) is 30.6 Å². The lowest BCUT2D eigenvalue weighted by molar-refractivity contribution is 0.273. The molecule has 2 fully saturated rings. The number of hydrogen-bond acceptors (Lipinski definition) is 5. The van der Waals surface area contributed by atoms with Crippen molar-refractivity contribution in [2.45, 2.75) is 51.7 Å². The molecule has 2 N–H and O–H groups in total. The van der Waals surface area contributed by atoms with E-state index in [1.54, 1.807) is 7.11 Å². The third-order valence-electron chi connectivity index (χ3n) is 5.27. The van der Waals surface area contributed by atoms with Crippen molar-refractivity contribution >= 4 is 32.1 Å². The Morgan fingerprint density at radius 1 is 1.33 bits per heavy atom. The number of guanidine groups is 1. The van der Waals surface area contributed by atoms with Crippen LogP contribution in [-0.2, 0) is 4.74 Å². The van der Waals surface area contributed by atoms with Gasteiger partial charge in [-0.2, -0.15) is 4.99 Å². The van der Waals surface area contributed by atoms with E-state index >= 15 is 0 Å². The van der Waals surface area contributed by atoms with Gasteiger partial charge in [0, 0.05) is 24.0 Å². The van der Waals surface area contributed by atoms with Gasteiger partial charge in [0.25, 0.3) is 0 Å². The van der Waals surface area contributed by atoms with E-state index in [-0.39, 0.29) is 0 Å². The maximum Gasteiger partial charge on any atom is 0.226 e. The molecular weight excluding hydrogens is 397 g/mol. The zero-order valence-corrected chi connectivity index (χ0v) is 19.4. The van der Waals surface area contributed by atoms with E-state index < -0.39 is 0 Å². The lowest BCUT2D eigenvalue weighted by Gasteiger charge is -2.21. The Labute approximate surface area is 182 Å². The smallest absolute Gasteiger partial charge is 0.226 e. The van der Waals surface area contributed by atoms with E-state index in [4.69, 9.17) is 14.5 Å². The molecule has 1 aromatic rings. The van der Waals surface area contributed by atoms with Gasteiger partial charge in [-0.3, -0.25) is 4.90 Å². The minimum absolute atomic E-state index is 0.307. The van der Waals surface area contributed by atoms with Gasteiger partial charge in [-0.15, -0.1) is 9.24 Å². The predicted octanol–water partition coefficient (Wildman–Crippen LogP) is 3.11. The van der Waals surface area contributed by atoms with E-state index in [2.05, 4.69) is 43.3 Å². The van der Waals surface area contributed by atoms with E-state index in [0.717, 1.165) is 42.7 Å². The average Bonchev–Trinajstić information content (AvgIpc) is 3.39. The maximum absolute atomic E-state index is 5.80. The van der Waals surface area contributed by atoms with E-state index in [1.807, 2.05) is 25.1 Å². The average molecular weight is 432 g/mol. The van der Waals surface area contributed by atoms with E-state index in [1.165, 1.54) is 12.8 Å². The van der Waals surface area contributed by atoms with Gasteiger partial charge in [0.15, 0.2) is 5.90 Å². The van der Waals surface area contributed by atoms with Crippen LogP contribution >= 0.6 is 9.24 Å². The van der Waals surface area contributed by atoms with Gasteiger partial charge in [-0.1, -0.05) is 13.5 Å². The molecule has 1 aliphatic heterocycles. The molecule has 0 aromatic heterocycles. The molecule has 30 heavy (non-hydrogen) atoms. The van der Waals surface area contributed by atoms with Gasteiger partial charge in [-0.25, -0.2) is 4.99 Å². The number of nitrogens with zero attached hydrogens (tertiary/aromatic N) is 3. The second-order valence-electron chi connectivity index (χ2n) is 7.72. The molecule has 2 atom stereocenters. The third kappa shape index (κ3) is 6.71. The zero-order valence-electron chi connectivity index (χ0n) is 18.3. The quantitative estimate of drug-likeness (QED) is 0.376. The highest BCUT2D eigenvalue weighted by molar-refractivity contribution is 7.27. The molecule has 1 saturated carbocycles. The number of likely N-dealkylation sites (tertiary alicyclic amines) is 1. The molecule has 3 rings (SSSR count). The van der Waals surface area contributed by atoms with Crippen LogP contribution in [0.15, 0.2) is 40.6 Å². The zero-order chi connectivity index (χ0) is 21.5. The molecule has 8 heteroatoms. The SMILES string of the molecule is C=C(NC(=NCC1CCCN1CC)/N=C(\C)OC1CC1)Nc1ccc(OC)c(P)c1. The number of aliphatic imine (C=N–C) groups is 2. The summed E-state index contributed by atoms with van der Waals surface area (Å²) in [5.41, 5.74) is 0.903. The summed E-state index contributed by atoms with van der Waals surface area (Å²) in [5, 5.41) is 7.45. The van der Waals surface area contributed by atoms with Crippen LogP contribution in [0.4, 0.5) is 5.69 Å². The predicted molar refractivity (Wildman–Crippen MR) is 128 cm³/mol. The van der Waals surface area contributed by atoms with Crippen LogP contribution in [0.25, 0.3) is 0 Å². The van der Waals surface area contributed by atoms with Gasteiger partial charge in [0.1, 0.15) is 17.7 Å². The standard InChI is InChI=1S/C22H34N5O2P/c1-5-27-12-6-7-18(27)14-23-22(26-16(3)29-19-9-10-19)25-15(2)24-17-8-11-20(28-4)21(30)13-17/h8,11,13,18-19,24H,2,5-7,9-10,12,14,30H2,1,3-4H3,(H,23,25)/b26-16+. The fourth-order valence-corrected chi connectivity index (χ4v) is 3.96. The summed E-state index contributed by atoms with van der Waals surface area (Å²) < 4.78 is 11.1. The number of rotatable bonds is 8. The van der Waals surface area contributed by atoms with Crippen LogP contribution in [0.3, 0.4) is 0 Å². The van der Waals surface area contributed by atoms with Crippen molar-refractivity contribution in [3.63, 3.8) is 0 Å². The first-order valence-electron chi connectivity index (χ1n) is 10.7. The molecule has 1 saturated heterocycles. The Morgan fingerprint density at radius 2 is 2.13 bits per heavy atom. The van der Waals surface area contributed by atoms with Crippen LogP contribution in [0, 0.1) is 0 Å². The summed E-state index contributed by atoms with van der Waals surface area (Å²) in [6, 6.07) is 6.31. The minimum Gasteiger partial charge on any atom is -0.496 e. The molecule has 1 aromatic carbocycles. The highest BCUT2D eigenvalue weighted by atomic mass is 31.0. The Morgan fingerprint density at radius 3 is 2.80 bits per heavy atom. The maximum atomic E-state index is 5.80. The second kappa shape index (κ2) is 10.8. The Balaban J connectivity index is 1.66. The molecule has 0 spiro atoms. The van der Waals surface area contributed by atoms with Gasteiger partial charge in [0.05, 0.1) is 13.7 Å². The molecule has 0 radical (unpaired) electrons. The molecule has 2 unspecified atom stereocenters. The number of ether oxygens (including phenoxy) is 2. The topological polar surface area (TPSA) is 70.5 Å².